The third-order valence-corrected chi connectivity index (χ3v) is 7.30. The van der Waals surface area contributed by atoms with E-state index in [2.05, 4.69) is 38.2 Å². The number of aldehydes is 2. The molecular formula is C36H66O5. The molecule has 0 aromatic heterocycles. The van der Waals surface area contributed by atoms with Crippen LogP contribution in [0.2, 0.25) is 0 Å². The Kier molecular flexibility index (Phi) is 33.8. The lowest BCUT2D eigenvalue weighted by Crippen LogP contribution is -2.25. The lowest BCUT2D eigenvalue weighted by molar-refractivity contribution is -0.208. The first kappa shape index (κ1) is 39.7. The van der Waals surface area contributed by atoms with Gasteiger partial charge in [0, 0.05) is 12.8 Å². The van der Waals surface area contributed by atoms with Crippen LogP contribution in [0.15, 0.2) is 24.3 Å². The summed E-state index contributed by atoms with van der Waals surface area (Å²) in [6.07, 6.45) is 36.8. The molecule has 41 heavy (non-hydrogen) atoms. The van der Waals surface area contributed by atoms with Gasteiger partial charge >= 0.3 is 0 Å². The average Bonchev–Trinajstić information content (AvgIpc) is 2.98. The second-order valence-electron chi connectivity index (χ2n) is 11.3. The molecule has 0 rings (SSSR count). The summed E-state index contributed by atoms with van der Waals surface area (Å²) in [5.41, 5.74) is 0. The zero-order valence-electron chi connectivity index (χ0n) is 27.0. The van der Waals surface area contributed by atoms with Gasteiger partial charge < -0.3 is 23.8 Å². The highest BCUT2D eigenvalue weighted by Crippen LogP contribution is 2.14. The van der Waals surface area contributed by atoms with Crippen molar-refractivity contribution in [3.8, 4) is 0 Å². The van der Waals surface area contributed by atoms with Crippen LogP contribution >= 0.6 is 0 Å². The van der Waals surface area contributed by atoms with Crippen LogP contribution in [0.25, 0.3) is 0 Å². The van der Waals surface area contributed by atoms with Crippen molar-refractivity contribution in [3.05, 3.63) is 24.3 Å². The summed E-state index contributed by atoms with van der Waals surface area (Å²) in [7, 11) is 0. The quantitative estimate of drug-likeness (QED) is 0.0329. The number of hydrogen-bond donors (Lipinski definition) is 0. The number of allylic oxidation sites excluding steroid dienone is 2. The van der Waals surface area contributed by atoms with Gasteiger partial charge in [-0.25, -0.2) is 0 Å². The van der Waals surface area contributed by atoms with E-state index in [0.29, 0.717) is 26.1 Å². The van der Waals surface area contributed by atoms with Crippen molar-refractivity contribution in [3.63, 3.8) is 0 Å². The molecule has 0 aliphatic rings. The van der Waals surface area contributed by atoms with Gasteiger partial charge in [-0.05, 0) is 63.5 Å². The Morgan fingerprint density at radius 2 is 0.780 bits per heavy atom. The minimum absolute atomic E-state index is 0.392. The van der Waals surface area contributed by atoms with Gasteiger partial charge in [0.15, 0.2) is 12.6 Å². The van der Waals surface area contributed by atoms with Crippen LogP contribution in [0.3, 0.4) is 0 Å². The van der Waals surface area contributed by atoms with E-state index in [4.69, 9.17) is 14.2 Å². The Morgan fingerprint density at radius 3 is 1.15 bits per heavy atom. The van der Waals surface area contributed by atoms with Crippen molar-refractivity contribution in [2.45, 2.75) is 181 Å². The fraction of sp³-hybridized carbons (Fsp3) is 0.833. The van der Waals surface area contributed by atoms with Crippen molar-refractivity contribution < 1.29 is 23.8 Å². The van der Waals surface area contributed by atoms with E-state index in [0.717, 1.165) is 63.9 Å². The highest BCUT2D eigenvalue weighted by Gasteiger charge is 2.13. The summed E-state index contributed by atoms with van der Waals surface area (Å²) in [6, 6.07) is 0. The maximum absolute atomic E-state index is 10.4. The number of unbranched alkanes of at least 4 members (excludes halogenated alkanes) is 20. The molecule has 5 nitrogen and oxygen atoms in total. The normalized spacial score (nSPS) is 13.3. The minimum atomic E-state index is -0.392. The Labute approximate surface area is 254 Å². The van der Waals surface area contributed by atoms with Crippen LogP contribution in [0.4, 0.5) is 0 Å². The van der Waals surface area contributed by atoms with Gasteiger partial charge in [-0.15, -0.1) is 0 Å². The summed E-state index contributed by atoms with van der Waals surface area (Å²) in [5.74, 6) is 0. The third-order valence-electron chi connectivity index (χ3n) is 7.30. The molecule has 5 heteroatoms. The Morgan fingerprint density at radius 1 is 0.439 bits per heavy atom. The summed E-state index contributed by atoms with van der Waals surface area (Å²) in [6.45, 7) is 5.86. The molecular weight excluding hydrogens is 512 g/mol. The van der Waals surface area contributed by atoms with Crippen LogP contribution in [-0.4, -0.2) is 38.4 Å². The van der Waals surface area contributed by atoms with Gasteiger partial charge in [0.1, 0.15) is 12.6 Å². The highest BCUT2D eigenvalue weighted by molar-refractivity contribution is 5.49. The standard InChI is InChI=1S/C36H66O5/c1-3-5-7-27-33-39-35(29-23-19-15-11-9-13-17-21-25-31-37)41-36(40-34-28-8-6-4-2)30-24-20-16-12-10-14-18-22-26-32-38/h23-24,29-32,35-36H,3-22,25-28,33-34H2,1-2H3. The van der Waals surface area contributed by atoms with E-state index in [-0.39, 0.29) is 0 Å². The lowest BCUT2D eigenvalue weighted by Gasteiger charge is -2.22. The second-order valence-corrected chi connectivity index (χ2v) is 11.3. The Hall–Kier alpha value is -1.30. The number of hydrogen-bond acceptors (Lipinski definition) is 5. The summed E-state index contributed by atoms with van der Waals surface area (Å²) in [5, 5.41) is 0. The van der Waals surface area contributed by atoms with Crippen molar-refractivity contribution in [2.24, 2.45) is 0 Å². The van der Waals surface area contributed by atoms with Gasteiger partial charge in [0.05, 0.1) is 13.2 Å². The van der Waals surface area contributed by atoms with Gasteiger partial charge in [-0.1, -0.05) is 116 Å². The second kappa shape index (κ2) is 34.9. The molecule has 0 aromatic rings. The maximum atomic E-state index is 10.4. The van der Waals surface area contributed by atoms with Crippen LogP contribution in [0.5, 0.6) is 0 Å². The number of rotatable bonds is 34. The van der Waals surface area contributed by atoms with E-state index in [9.17, 15) is 9.59 Å². The zero-order chi connectivity index (χ0) is 29.9. The van der Waals surface area contributed by atoms with Crippen LogP contribution in [-0.2, 0) is 23.8 Å². The predicted molar refractivity (Wildman–Crippen MR) is 173 cm³/mol. The minimum Gasteiger partial charge on any atom is -0.349 e. The molecule has 0 bridgehead atoms. The summed E-state index contributed by atoms with van der Waals surface area (Å²) in [4.78, 5) is 20.8. The highest BCUT2D eigenvalue weighted by atomic mass is 16.8. The Balaban J connectivity index is 4.72. The molecule has 0 saturated carbocycles. The van der Waals surface area contributed by atoms with Gasteiger partial charge in [-0.2, -0.15) is 0 Å². The molecule has 0 heterocycles. The van der Waals surface area contributed by atoms with E-state index in [1.165, 1.54) is 89.9 Å². The Bertz CT molecular complexity index is 539. The molecule has 0 saturated heterocycles. The predicted octanol–water partition coefficient (Wildman–Crippen LogP) is 10.6. The van der Waals surface area contributed by atoms with Crippen LogP contribution < -0.4 is 0 Å². The molecule has 0 spiro atoms. The van der Waals surface area contributed by atoms with E-state index in [1.54, 1.807) is 0 Å². The molecule has 0 aliphatic heterocycles. The number of carbonyl (C=O) groups excluding carboxylic acids is 2. The largest absolute Gasteiger partial charge is 0.349 e. The molecule has 0 fully saturated rings. The molecule has 0 aromatic carbocycles. The van der Waals surface area contributed by atoms with E-state index >= 15 is 0 Å². The maximum Gasteiger partial charge on any atom is 0.180 e. The molecule has 0 N–H and O–H groups in total. The number of carbonyl (C=O) groups is 2. The molecule has 2 unspecified atom stereocenters. The van der Waals surface area contributed by atoms with Crippen molar-refractivity contribution in [2.75, 3.05) is 13.2 Å². The molecule has 0 aliphatic carbocycles. The fourth-order valence-corrected chi connectivity index (χ4v) is 4.68. The topological polar surface area (TPSA) is 61.8 Å². The molecule has 0 amide bonds. The summed E-state index contributed by atoms with van der Waals surface area (Å²) >= 11 is 0. The number of ether oxygens (including phenoxy) is 3. The average molecular weight is 579 g/mol. The smallest absolute Gasteiger partial charge is 0.180 e. The van der Waals surface area contributed by atoms with Crippen molar-refractivity contribution >= 4 is 12.6 Å². The first-order valence-corrected chi connectivity index (χ1v) is 17.4. The third kappa shape index (κ3) is 31.5. The van der Waals surface area contributed by atoms with Crippen LogP contribution in [0.1, 0.15) is 168 Å². The zero-order valence-corrected chi connectivity index (χ0v) is 27.0. The molecule has 240 valence electrons. The summed E-state index contributed by atoms with van der Waals surface area (Å²) < 4.78 is 18.7. The van der Waals surface area contributed by atoms with Crippen molar-refractivity contribution in [1.82, 2.24) is 0 Å². The first-order chi connectivity index (χ1) is 20.3. The fourth-order valence-electron chi connectivity index (χ4n) is 4.68. The van der Waals surface area contributed by atoms with E-state index < -0.39 is 12.6 Å². The van der Waals surface area contributed by atoms with Gasteiger partial charge in [0.25, 0.3) is 0 Å². The van der Waals surface area contributed by atoms with Gasteiger partial charge in [-0.3, -0.25) is 0 Å². The van der Waals surface area contributed by atoms with Crippen molar-refractivity contribution in [1.29, 1.82) is 0 Å². The lowest BCUT2D eigenvalue weighted by atomic mass is 10.1. The first-order valence-electron chi connectivity index (χ1n) is 17.4. The monoisotopic (exact) mass is 578 g/mol. The molecule has 0 radical (unpaired) electrons. The molecule has 2 atom stereocenters. The van der Waals surface area contributed by atoms with Crippen LogP contribution in [0, 0.1) is 0 Å². The van der Waals surface area contributed by atoms with Gasteiger partial charge in [0.2, 0.25) is 0 Å². The SMILES string of the molecule is CCCCCCOC(C=CCCCCCCCCC=O)OC(C=CCCCCCCCCC=O)OCCCCCC. The van der Waals surface area contributed by atoms with E-state index in [1.807, 2.05) is 0 Å².